The van der Waals surface area contributed by atoms with E-state index in [0.717, 1.165) is 30.4 Å². The largest absolute Gasteiger partial charge is 0.508 e. The van der Waals surface area contributed by atoms with Crippen LogP contribution in [0.4, 0.5) is 0 Å². The summed E-state index contributed by atoms with van der Waals surface area (Å²) in [7, 11) is 0. The van der Waals surface area contributed by atoms with Crippen LogP contribution in [0.25, 0.3) is 6.08 Å². The minimum atomic E-state index is -0.708. The molecule has 0 bridgehead atoms. The Morgan fingerprint density at radius 1 is 1.03 bits per heavy atom. The van der Waals surface area contributed by atoms with Crippen molar-refractivity contribution >= 4 is 30.3 Å². The minimum Gasteiger partial charge on any atom is -0.508 e. The smallest absolute Gasteiger partial charge is 0.244 e. The Morgan fingerprint density at radius 3 is 2.25 bits per heavy atom. The maximum Gasteiger partial charge on any atom is 0.244 e. The first kappa shape index (κ1) is 31.4. The molecule has 0 heterocycles. The van der Waals surface area contributed by atoms with Crippen LogP contribution < -0.4 is 16.4 Å². The molecule has 0 aliphatic heterocycles. The molecule has 0 aromatic heterocycles. The number of unbranched alkanes of at least 4 members (excludes halogenated alkanes) is 1. The van der Waals surface area contributed by atoms with Crippen LogP contribution in [-0.4, -0.2) is 35.0 Å². The van der Waals surface area contributed by atoms with Crippen LogP contribution in [0.15, 0.2) is 54.6 Å². The number of amides is 2. The van der Waals surface area contributed by atoms with E-state index in [-0.39, 0.29) is 30.1 Å². The molecule has 4 atom stereocenters. The number of carbonyl (C=O) groups excluding carboxylic acids is 2. The molecular weight excluding hydrogens is 474 g/mol. The van der Waals surface area contributed by atoms with Gasteiger partial charge in [-0.25, -0.2) is 0 Å². The van der Waals surface area contributed by atoms with Crippen molar-refractivity contribution in [3.63, 3.8) is 0 Å². The average molecular weight is 516 g/mol. The lowest BCUT2D eigenvalue weighted by Gasteiger charge is -2.27. The van der Waals surface area contributed by atoms with Crippen LogP contribution in [0, 0.1) is 12.8 Å². The van der Waals surface area contributed by atoms with Gasteiger partial charge in [-0.3, -0.25) is 20.2 Å². The summed E-state index contributed by atoms with van der Waals surface area (Å²) in [5.41, 5.74) is 9.16. The lowest BCUT2D eigenvalue weighted by Crippen LogP contribution is -2.54. The van der Waals surface area contributed by atoms with Gasteiger partial charge in [0.05, 0.1) is 12.1 Å². The highest BCUT2D eigenvalue weighted by Crippen LogP contribution is 2.16. The van der Waals surface area contributed by atoms with Crippen molar-refractivity contribution in [1.29, 1.82) is 0 Å². The predicted octanol–water partition coefficient (Wildman–Crippen LogP) is 4.91. The van der Waals surface area contributed by atoms with Gasteiger partial charge in [0, 0.05) is 6.04 Å². The van der Waals surface area contributed by atoms with E-state index in [9.17, 15) is 14.7 Å². The lowest BCUT2D eigenvalue weighted by atomic mass is 9.95. The molecule has 36 heavy (non-hydrogen) atoms. The summed E-state index contributed by atoms with van der Waals surface area (Å²) in [6.45, 7) is 8.34. The van der Waals surface area contributed by atoms with E-state index in [1.54, 1.807) is 24.3 Å². The highest BCUT2D eigenvalue weighted by atomic mass is 35.5. The number of nitrogens with two attached hydrogens (primary N) is 1. The SMILES string of the molecule is CCCC[C@H](N)C(=O)NC(=O)[C@H](Cc1ccc(O)cc1)N[C@H](/C=C/c1ccc(C)cc1)[C@@H](C)CC.Cl. The number of halogens is 1. The first-order valence-corrected chi connectivity index (χ1v) is 12.6. The van der Waals surface area contributed by atoms with E-state index in [2.05, 4.69) is 67.8 Å². The summed E-state index contributed by atoms with van der Waals surface area (Å²) in [5, 5.41) is 15.6. The van der Waals surface area contributed by atoms with Gasteiger partial charge in [0.15, 0.2) is 0 Å². The fourth-order valence-electron chi connectivity index (χ4n) is 3.74. The third kappa shape index (κ3) is 10.5. The molecule has 5 N–H and O–H groups in total. The molecule has 0 fully saturated rings. The van der Waals surface area contributed by atoms with Gasteiger partial charge in [-0.15, -0.1) is 12.4 Å². The topological polar surface area (TPSA) is 104 Å². The van der Waals surface area contributed by atoms with Crippen LogP contribution in [0.3, 0.4) is 0 Å². The van der Waals surface area contributed by atoms with E-state index in [0.29, 0.717) is 12.8 Å². The van der Waals surface area contributed by atoms with Crippen LogP contribution in [0.1, 0.15) is 63.1 Å². The molecule has 0 aliphatic carbocycles. The Hall–Kier alpha value is -2.67. The Bertz CT molecular complexity index is 961. The maximum atomic E-state index is 13.2. The summed E-state index contributed by atoms with van der Waals surface area (Å²) in [4.78, 5) is 25.8. The number of phenolic OH excluding ortho intramolecular Hbond substituents is 1. The third-order valence-corrected chi connectivity index (χ3v) is 6.37. The van der Waals surface area contributed by atoms with Gasteiger partial charge in [-0.2, -0.15) is 0 Å². The third-order valence-electron chi connectivity index (χ3n) is 6.37. The van der Waals surface area contributed by atoms with Crippen LogP contribution in [-0.2, 0) is 16.0 Å². The number of aryl methyl sites for hydroxylation is 1. The maximum absolute atomic E-state index is 13.2. The molecule has 2 aromatic rings. The molecule has 2 aromatic carbocycles. The molecule has 0 saturated heterocycles. The molecule has 198 valence electrons. The normalized spacial score (nSPS) is 14.5. The zero-order chi connectivity index (χ0) is 25.8. The van der Waals surface area contributed by atoms with Gasteiger partial charge in [-0.1, -0.05) is 94.1 Å². The molecule has 0 unspecified atom stereocenters. The van der Waals surface area contributed by atoms with E-state index < -0.39 is 23.9 Å². The number of hydrogen-bond donors (Lipinski definition) is 4. The summed E-state index contributed by atoms with van der Waals surface area (Å²) >= 11 is 0. The van der Waals surface area contributed by atoms with Crippen molar-refractivity contribution in [2.45, 2.75) is 77.9 Å². The lowest BCUT2D eigenvalue weighted by molar-refractivity contribution is -0.132. The molecule has 0 aliphatic rings. The standard InChI is InChI=1S/C29H41N3O3.ClH/c1-5-7-8-25(30)28(34)32-29(35)27(19-23-13-16-24(33)17-14-23)31-26(21(4)6-2)18-15-22-11-9-20(3)10-12-22;/h9-18,21,25-27,31,33H,5-8,19,30H2,1-4H3,(H,32,34,35);1H/b18-15+;/t21-,25-,26+,27-;/m0./s1. The second-order valence-electron chi connectivity index (χ2n) is 9.37. The van der Waals surface area contributed by atoms with Crippen LogP contribution in [0.5, 0.6) is 5.75 Å². The first-order chi connectivity index (χ1) is 16.7. The fraction of sp³-hybridized carbons (Fsp3) is 0.448. The molecule has 0 spiro atoms. The van der Waals surface area contributed by atoms with E-state index >= 15 is 0 Å². The Kier molecular flexibility index (Phi) is 14.1. The van der Waals surface area contributed by atoms with Gasteiger partial charge in [0.1, 0.15) is 5.75 Å². The zero-order valence-electron chi connectivity index (χ0n) is 21.9. The molecular formula is C29H42ClN3O3. The number of benzene rings is 2. The van der Waals surface area contributed by atoms with Gasteiger partial charge >= 0.3 is 0 Å². The van der Waals surface area contributed by atoms with E-state index in [1.807, 2.05) is 6.92 Å². The Morgan fingerprint density at radius 2 is 1.67 bits per heavy atom. The molecule has 0 saturated carbocycles. The summed E-state index contributed by atoms with van der Waals surface area (Å²) in [6, 6.07) is 13.6. The molecule has 0 radical (unpaired) electrons. The molecule has 2 rings (SSSR count). The predicted molar refractivity (Wildman–Crippen MR) is 150 cm³/mol. The quantitative estimate of drug-likeness (QED) is 0.303. The fourth-order valence-corrected chi connectivity index (χ4v) is 3.74. The van der Waals surface area contributed by atoms with Gasteiger partial charge < -0.3 is 10.8 Å². The van der Waals surface area contributed by atoms with Crippen molar-refractivity contribution in [3.05, 3.63) is 71.3 Å². The van der Waals surface area contributed by atoms with Crippen molar-refractivity contribution in [3.8, 4) is 5.75 Å². The van der Waals surface area contributed by atoms with Gasteiger partial charge in [0.25, 0.3) is 0 Å². The number of nitrogens with one attached hydrogen (secondary N) is 2. The van der Waals surface area contributed by atoms with Crippen molar-refractivity contribution in [1.82, 2.24) is 10.6 Å². The van der Waals surface area contributed by atoms with Crippen LogP contribution >= 0.6 is 12.4 Å². The highest BCUT2D eigenvalue weighted by Gasteiger charge is 2.26. The second kappa shape index (κ2) is 16.1. The molecule has 7 heteroatoms. The van der Waals surface area contributed by atoms with Crippen molar-refractivity contribution in [2.24, 2.45) is 11.7 Å². The van der Waals surface area contributed by atoms with Gasteiger partial charge in [-0.05, 0) is 48.9 Å². The first-order valence-electron chi connectivity index (χ1n) is 12.6. The van der Waals surface area contributed by atoms with E-state index in [4.69, 9.17) is 5.73 Å². The summed E-state index contributed by atoms with van der Waals surface area (Å²) < 4.78 is 0. The minimum absolute atomic E-state index is 0. The number of carbonyl (C=O) groups is 2. The average Bonchev–Trinajstić information content (AvgIpc) is 2.85. The zero-order valence-corrected chi connectivity index (χ0v) is 22.7. The number of imide groups is 1. The monoisotopic (exact) mass is 515 g/mol. The number of aromatic hydroxyl groups is 1. The highest BCUT2D eigenvalue weighted by molar-refractivity contribution is 6.00. The van der Waals surface area contributed by atoms with E-state index in [1.165, 1.54) is 5.56 Å². The van der Waals surface area contributed by atoms with Crippen molar-refractivity contribution in [2.75, 3.05) is 0 Å². The van der Waals surface area contributed by atoms with Crippen molar-refractivity contribution < 1.29 is 14.7 Å². The summed E-state index contributed by atoms with van der Waals surface area (Å²) in [6.07, 6.45) is 7.75. The molecule has 6 nitrogen and oxygen atoms in total. The Labute approximate surface area is 222 Å². The van der Waals surface area contributed by atoms with Gasteiger partial charge in [0.2, 0.25) is 11.8 Å². The number of phenols is 1. The number of hydrogen-bond acceptors (Lipinski definition) is 5. The second-order valence-corrected chi connectivity index (χ2v) is 9.37. The Balaban J connectivity index is 0.00000648. The summed E-state index contributed by atoms with van der Waals surface area (Å²) in [5.74, 6) is -0.420. The number of rotatable bonds is 13. The molecule has 2 amide bonds. The van der Waals surface area contributed by atoms with Crippen LogP contribution in [0.2, 0.25) is 0 Å².